The van der Waals surface area contributed by atoms with Gasteiger partial charge in [-0.25, -0.2) is 4.98 Å². The molecule has 2 aliphatic heterocycles. The number of hydrogen-bond donors (Lipinski definition) is 1. The van der Waals surface area contributed by atoms with Crippen LogP contribution in [-0.2, 0) is 17.8 Å². The second kappa shape index (κ2) is 6.71. The van der Waals surface area contributed by atoms with Crippen molar-refractivity contribution in [1.82, 2.24) is 10.3 Å². The summed E-state index contributed by atoms with van der Waals surface area (Å²) >= 11 is 0. The van der Waals surface area contributed by atoms with E-state index >= 15 is 0 Å². The number of benzene rings is 1. The summed E-state index contributed by atoms with van der Waals surface area (Å²) in [5.74, 6) is 0.823. The van der Waals surface area contributed by atoms with E-state index in [0.29, 0.717) is 6.61 Å². The maximum Gasteiger partial charge on any atom is 0.147 e. The third kappa shape index (κ3) is 3.07. The van der Waals surface area contributed by atoms with Crippen LogP contribution in [-0.4, -0.2) is 36.8 Å². The highest BCUT2D eigenvalue weighted by molar-refractivity contribution is 5.72. The lowest BCUT2D eigenvalue weighted by atomic mass is 9.86. The molecular formula is C21H24N4O. The summed E-state index contributed by atoms with van der Waals surface area (Å²) in [5.41, 5.74) is 4.64. The number of nitrogens with zero attached hydrogens (tertiary/aromatic N) is 3. The number of rotatable bonds is 2. The summed E-state index contributed by atoms with van der Waals surface area (Å²) in [6.07, 6.45) is 0.729. The Morgan fingerprint density at radius 1 is 1.15 bits per heavy atom. The van der Waals surface area contributed by atoms with E-state index in [1.54, 1.807) is 0 Å². The topological polar surface area (TPSA) is 61.2 Å². The number of hydrogen-bond acceptors (Lipinski definition) is 5. The zero-order valence-electron chi connectivity index (χ0n) is 15.4. The third-order valence-corrected chi connectivity index (χ3v) is 5.18. The molecule has 1 fully saturated rings. The Bertz CT molecular complexity index is 849. The molecular weight excluding hydrogens is 324 g/mol. The molecule has 0 bridgehead atoms. The first-order valence-corrected chi connectivity index (χ1v) is 9.20. The number of anilines is 1. The highest BCUT2D eigenvalue weighted by atomic mass is 16.5. The first-order valence-electron chi connectivity index (χ1n) is 9.20. The highest BCUT2D eigenvalue weighted by Crippen LogP contribution is 2.38. The monoisotopic (exact) mass is 348 g/mol. The molecule has 0 unspecified atom stereocenters. The normalized spacial score (nSPS) is 18.9. The Morgan fingerprint density at radius 2 is 1.88 bits per heavy atom. The van der Waals surface area contributed by atoms with Crippen LogP contribution in [0.5, 0.6) is 0 Å². The van der Waals surface area contributed by atoms with Gasteiger partial charge in [-0.1, -0.05) is 30.3 Å². The van der Waals surface area contributed by atoms with E-state index in [0.717, 1.165) is 66.4 Å². The molecule has 0 radical (unpaired) electrons. The van der Waals surface area contributed by atoms with Crippen LogP contribution < -0.4 is 10.2 Å². The molecule has 0 atom stereocenters. The standard InChI is InChI=1S/C21H24N4O/c1-21(2)12-16-17(13-22)20(25-10-8-23-9-11-25)24-19(18(16)14-26-21)15-6-4-3-5-7-15/h3-7,23H,8-12,14H2,1-2H3. The Morgan fingerprint density at radius 3 is 2.58 bits per heavy atom. The summed E-state index contributed by atoms with van der Waals surface area (Å²) in [4.78, 5) is 7.23. The number of nitriles is 1. The van der Waals surface area contributed by atoms with Gasteiger partial charge in [0.2, 0.25) is 0 Å². The maximum atomic E-state index is 9.96. The van der Waals surface area contributed by atoms with E-state index in [9.17, 15) is 5.26 Å². The molecule has 0 spiro atoms. The van der Waals surface area contributed by atoms with E-state index in [1.165, 1.54) is 0 Å². The van der Waals surface area contributed by atoms with Crippen LogP contribution in [0.25, 0.3) is 11.3 Å². The highest BCUT2D eigenvalue weighted by Gasteiger charge is 2.33. The second-order valence-electron chi connectivity index (χ2n) is 7.56. The predicted molar refractivity (Wildman–Crippen MR) is 102 cm³/mol. The summed E-state index contributed by atoms with van der Waals surface area (Å²) in [7, 11) is 0. The molecule has 1 saturated heterocycles. The zero-order chi connectivity index (χ0) is 18.1. The number of fused-ring (bicyclic) bond motifs is 1. The van der Waals surface area contributed by atoms with Gasteiger partial charge in [0.25, 0.3) is 0 Å². The van der Waals surface area contributed by atoms with Crippen LogP contribution in [0.3, 0.4) is 0 Å². The van der Waals surface area contributed by atoms with Gasteiger partial charge in [-0.15, -0.1) is 0 Å². The molecule has 2 aromatic rings. The first-order chi connectivity index (χ1) is 12.6. The third-order valence-electron chi connectivity index (χ3n) is 5.18. The van der Waals surface area contributed by atoms with Crippen LogP contribution in [0.15, 0.2) is 30.3 Å². The van der Waals surface area contributed by atoms with Gasteiger partial charge in [0, 0.05) is 43.7 Å². The van der Waals surface area contributed by atoms with Crippen molar-refractivity contribution in [1.29, 1.82) is 5.26 Å². The molecule has 4 rings (SSSR count). The number of piperazine rings is 1. The Kier molecular flexibility index (Phi) is 4.39. The van der Waals surface area contributed by atoms with Gasteiger partial charge < -0.3 is 15.0 Å². The maximum absolute atomic E-state index is 9.96. The van der Waals surface area contributed by atoms with Gasteiger partial charge >= 0.3 is 0 Å². The molecule has 0 saturated carbocycles. The molecule has 3 heterocycles. The quantitative estimate of drug-likeness (QED) is 0.904. The van der Waals surface area contributed by atoms with Crippen LogP contribution >= 0.6 is 0 Å². The van der Waals surface area contributed by atoms with Gasteiger partial charge in [0.15, 0.2) is 0 Å². The van der Waals surface area contributed by atoms with Gasteiger partial charge in [0.1, 0.15) is 11.9 Å². The van der Waals surface area contributed by atoms with Gasteiger partial charge in [0.05, 0.1) is 23.5 Å². The predicted octanol–water partition coefficient (Wildman–Crippen LogP) is 2.88. The van der Waals surface area contributed by atoms with Crippen LogP contribution in [0.2, 0.25) is 0 Å². The molecule has 0 aliphatic carbocycles. The van der Waals surface area contributed by atoms with Gasteiger partial charge in [-0.3, -0.25) is 0 Å². The fraction of sp³-hybridized carbons (Fsp3) is 0.429. The number of aromatic nitrogens is 1. The molecule has 2 aliphatic rings. The largest absolute Gasteiger partial charge is 0.370 e. The van der Waals surface area contributed by atoms with Crippen molar-refractivity contribution in [3.05, 3.63) is 47.0 Å². The molecule has 0 amide bonds. The Labute approximate surface area is 154 Å². The fourth-order valence-corrected chi connectivity index (χ4v) is 3.81. The van der Waals surface area contributed by atoms with E-state index in [-0.39, 0.29) is 5.60 Å². The summed E-state index contributed by atoms with van der Waals surface area (Å²) < 4.78 is 6.07. The second-order valence-corrected chi connectivity index (χ2v) is 7.56. The average molecular weight is 348 g/mol. The van der Waals surface area contributed by atoms with Gasteiger partial charge in [-0.2, -0.15) is 5.26 Å². The molecule has 5 nitrogen and oxygen atoms in total. The minimum atomic E-state index is -0.269. The lowest BCUT2D eigenvalue weighted by Gasteiger charge is -2.36. The van der Waals surface area contributed by atoms with Crippen molar-refractivity contribution < 1.29 is 4.74 Å². The van der Waals surface area contributed by atoms with Crippen molar-refractivity contribution in [2.45, 2.75) is 32.5 Å². The van der Waals surface area contributed by atoms with Crippen molar-refractivity contribution in [3.8, 4) is 17.3 Å². The Balaban J connectivity index is 1.93. The summed E-state index contributed by atoms with van der Waals surface area (Å²) in [6.45, 7) is 8.24. The van der Waals surface area contributed by atoms with Crippen molar-refractivity contribution >= 4 is 5.82 Å². The summed E-state index contributed by atoms with van der Waals surface area (Å²) in [5, 5.41) is 13.3. The van der Waals surface area contributed by atoms with E-state index in [1.807, 2.05) is 18.2 Å². The number of ether oxygens (including phenoxy) is 1. The van der Waals surface area contributed by atoms with Crippen LogP contribution in [0.1, 0.15) is 30.5 Å². The SMILES string of the molecule is CC1(C)Cc2c(C#N)c(N3CCNCC3)nc(-c3ccccc3)c2CO1. The number of nitrogens with one attached hydrogen (secondary N) is 1. The molecule has 1 aromatic heterocycles. The minimum absolute atomic E-state index is 0.269. The smallest absolute Gasteiger partial charge is 0.147 e. The first kappa shape index (κ1) is 17.0. The van der Waals surface area contributed by atoms with Crippen molar-refractivity contribution in [2.75, 3.05) is 31.1 Å². The van der Waals surface area contributed by atoms with E-state index in [2.05, 4.69) is 42.3 Å². The molecule has 26 heavy (non-hydrogen) atoms. The van der Waals surface area contributed by atoms with E-state index in [4.69, 9.17) is 9.72 Å². The fourth-order valence-electron chi connectivity index (χ4n) is 3.81. The van der Waals surface area contributed by atoms with Crippen molar-refractivity contribution in [2.24, 2.45) is 0 Å². The van der Waals surface area contributed by atoms with E-state index < -0.39 is 0 Å². The molecule has 5 heteroatoms. The molecule has 1 aromatic carbocycles. The zero-order valence-corrected chi connectivity index (χ0v) is 15.4. The van der Waals surface area contributed by atoms with Crippen molar-refractivity contribution in [3.63, 3.8) is 0 Å². The Hall–Kier alpha value is -2.42. The molecule has 1 N–H and O–H groups in total. The molecule has 134 valence electrons. The minimum Gasteiger partial charge on any atom is -0.370 e. The van der Waals surface area contributed by atoms with Crippen LogP contribution in [0, 0.1) is 11.3 Å². The average Bonchev–Trinajstić information content (AvgIpc) is 2.67. The lowest BCUT2D eigenvalue weighted by Crippen LogP contribution is -2.44. The van der Waals surface area contributed by atoms with Crippen LogP contribution in [0.4, 0.5) is 5.82 Å². The number of pyridine rings is 1. The lowest BCUT2D eigenvalue weighted by molar-refractivity contribution is -0.0400. The van der Waals surface area contributed by atoms with Gasteiger partial charge in [-0.05, 0) is 19.4 Å². The summed E-state index contributed by atoms with van der Waals surface area (Å²) in [6, 6.07) is 12.7.